The lowest BCUT2D eigenvalue weighted by atomic mass is 10.2. The summed E-state index contributed by atoms with van der Waals surface area (Å²) >= 11 is 1.91. The normalized spacial score (nSPS) is 14.1. The molecule has 0 aliphatic heterocycles. The number of imidazole rings is 1. The van der Waals surface area contributed by atoms with Gasteiger partial charge in [0.15, 0.2) is 5.82 Å². The summed E-state index contributed by atoms with van der Waals surface area (Å²) in [6.07, 6.45) is 3.78. The first-order valence-corrected chi connectivity index (χ1v) is 7.85. The minimum absolute atomic E-state index is 0.565. The number of nitrogens with zero attached hydrogens (tertiary/aromatic N) is 2. The van der Waals surface area contributed by atoms with Crippen molar-refractivity contribution in [1.82, 2.24) is 9.55 Å². The smallest absolute Gasteiger partial charge is 0.150 e. The van der Waals surface area contributed by atoms with E-state index >= 15 is 0 Å². The van der Waals surface area contributed by atoms with Crippen molar-refractivity contribution in [3.8, 4) is 10.7 Å². The first-order chi connectivity index (χ1) is 9.76. The number of aryl methyl sites for hydroxylation is 3. The van der Waals surface area contributed by atoms with Crippen LogP contribution >= 0.6 is 11.3 Å². The van der Waals surface area contributed by atoms with Crippen LogP contribution in [0.15, 0.2) is 24.3 Å². The van der Waals surface area contributed by atoms with E-state index < -0.39 is 0 Å². The molecule has 4 rings (SSSR count). The lowest BCUT2D eigenvalue weighted by Gasteiger charge is -2.00. The van der Waals surface area contributed by atoms with E-state index in [1.165, 1.54) is 35.2 Å². The Kier molecular flexibility index (Phi) is 2.69. The molecular formula is C16H17N3S. The molecule has 3 aromatic rings. The molecule has 0 radical (unpaired) electrons. The molecule has 20 heavy (non-hydrogen) atoms. The van der Waals surface area contributed by atoms with E-state index in [0.29, 0.717) is 6.54 Å². The maximum Gasteiger partial charge on any atom is 0.150 e. The Bertz CT molecular complexity index is 776. The van der Waals surface area contributed by atoms with Gasteiger partial charge >= 0.3 is 0 Å². The zero-order valence-electron chi connectivity index (χ0n) is 11.5. The minimum atomic E-state index is 0.565. The molecule has 1 aliphatic rings. The number of aromatic nitrogens is 2. The van der Waals surface area contributed by atoms with Crippen molar-refractivity contribution in [3.05, 3.63) is 40.3 Å². The van der Waals surface area contributed by atoms with Gasteiger partial charge in [-0.15, -0.1) is 11.3 Å². The monoisotopic (exact) mass is 283 g/mol. The SMILES string of the molecule is Cn1c(-c2cc3c(s2)CCC3)nc2cc(CN)ccc21. The van der Waals surface area contributed by atoms with Crippen molar-refractivity contribution < 1.29 is 0 Å². The lowest BCUT2D eigenvalue weighted by molar-refractivity contribution is 0.914. The van der Waals surface area contributed by atoms with Crippen LogP contribution < -0.4 is 5.73 Å². The van der Waals surface area contributed by atoms with E-state index in [1.807, 2.05) is 11.3 Å². The van der Waals surface area contributed by atoms with E-state index in [1.54, 1.807) is 4.88 Å². The topological polar surface area (TPSA) is 43.8 Å². The van der Waals surface area contributed by atoms with Gasteiger partial charge in [0.1, 0.15) is 0 Å². The second kappa shape index (κ2) is 4.43. The molecule has 3 nitrogen and oxygen atoms in total. The van der Waals surface area contributed by atoms with E-state index in [2.05, 4.69) is 35.9 Å². The zero-order valence-corrected chi connectivity index (χ0v) is 12.3. The van der Waals surface area contributed by atoms with Gasteiger partial charge in [-0.2, -0.15) is 0 Å². The van der Waals surface area contributed by atoms with Crippen molar-refractivity contribution >= 4 is 22.4 Å². The Balaban J connectivity index is 1.88. The van der Waals surface area contributed by atoms with Crippen LogP contribution in [0.2, 0.25) is 0 Å². The number of thiophene rings is 1. The third-order valence-corrected chi connectivity index (χ3v) is 5.38. The van der Waals surface area contributed by atoms with Gasteiger partial charge in [0.25, 0.3) is 0 Å². The number of benzene rings is 1. The Morgan fingerprint density at radius 1 is 1.30 bits per heavy atom. The van der Waals surface area contributed by atoms with Crippen LogP contribution in [0.25, 0.3) is 21.7 Å². The largest absolute Gasteiger partial charge is 0.326 e. The summed E-state index contributed by atoms with van der Waals surface area (Å²) in [4.78, 5) is 7.67. The van der Waals surface area contributed by atoms with Crippen LogP contribution in [-0.2, 0) is 26.4 Å². The number of fused-ring (bicyclic) bond motifs is 2. The molecule has 0 unspecified atom stereocenters. The summed E-state index contributed by atoms with van der Waals surface area (Å²) in [7, 11) is 2.09. The highest BCUT2D eigenvalue weighted by Gasteiger charge is 2.18. The maximum absolute atomic E-state index is 5.71. The third kappa shape index (κ3) is 1.72. The van der Waals surface area contributed by atoms with Gasteiger partial charge in [0, 0.05) is 18.5 Å². The Morgan fingerprint density at radius 3 is 3.00 bits per heavy atom. The minimum Gasteiger partial charge on any atom is -0.326 e. The number of rotatable bonds is 2. The number of hydrogen-bond donors (Lipinski definition) is 1. The molecule has 102 valence electrons. The summed E-state index contributed by atoms with van der Waals surface area (Å²) in [5.74, 6) is 1.08. The van der Waals surface area contributed by atoms with Crippen LogP contribution in [0.5, 0.6) is 0 Å². The molecule has 4 heteroatoms. The predicted molar refractivity (Wildman–Crippen MR) is 83.9 cm³/mol. The van der Waals surface area contributed by atoms with Crippen molar-refractivity contribution in [2.45, 2.75) is 25.8 Å². The Hall–Kier alpha value is -1.65. The highest BCUT2D eigenvalue weighted by molar-refractivity contribution is 7.15. The molecule has 2 aromatic heterocycles. The molecule has 0 fully saturated rings. The van der Waals surface area contributed by atoms with Gasteiger partial charge in [0.2, 0.25) is 0 Å². The number of nitrogens with two attached hydrogens (primary N) is 1. The zero-order chi connectivity index (χ0) is 13.7. The molecule has 1 aromatic carbocycles. The lowest BCUT2D eigenvalue weighted by Crippen LogP contribution is -1.95. The third-order valence-electron chi connectivity index (χ3n) is 4.15. The van der Waals surface area contributed by atoms with Gasteiger partial charge < -0.3 is 10.3 Å². The fraction of sp³-hybridized carbons (Fsp3) is 0.312. The van der Waals surface area contributed by atoms with Crippen molar-refractivity contribution in [2.75, 3.05) is 0 Å². The first-order valence-electron chi connectivity index (χ1n) is 7.03. The fourth-order valence-electron chi connectivity index (χ4n) is 3.03. The van der Waals surface area contributed by atoms with Gasteiger partial charge in [-0.25, -0.2) is 4.98 Å². The average molecular weight is 283 g/mol. The van der Waals surface area contributed by atoms with E-state index in [0.717, 1.165) is 16.9 Å². The molecule has 0 amide bonds. The van der Waals surface area contributed by atoms with Gasteiger partial charge in [-0.3, -0.25) is 0 Å². The van der Waals surface area contributed by atoms with Crippen LogP contribution in [-0.4, -0.2) is 9.55 Å². The summed E-state index contributed by atoms with van der Waals surface area (Å²) < 4.78 is 2.19. The average Bonchev–Trinajstić information content (AvgIpc) is 3.11. The standard InChI is InChI=1S/C16H17N3S/c1-19-13-6-5-10(9-17)7-12(13)18-16(19)15-8-11-3-2-4-14(11)20-15/h5-8H,2-4,9,17H2,1H3. The van der Waals surface area contributed by atoms with Crippen molar-refractivity contribution in [3.63, 3.8) is 0 Å². The second-order valence-electron chi connectivity index (χ2n) is 5.43. The Morgan fingerprint density at radius 2 is 2.20 bits per heavy atom. The van der Waals surface area contributed by atoms with Crippen molar-refractivity contribution in [1.29, 1.82) is 0 Å². The number of hydrogen-bond acceptors (Lipinski definition) is 3. The van der Waals surface area contributed by atoms with Crippen LogP contribution in [0.3, 0.4) is 0 Å². The van der Waals surface area contributed by atoms with Crippen LogP contribution in [0, 0.1) is 0 Å². The summed E-state index contributed by atoms with van der Waals surface area (Å²) in [5, 5.41) is 0. The summed E-state index contributed by atoms with van der Waals surface area (Å²) in [6, 6.07) is 8.63. The molecule has 0 saturated heterocycles. The quantitative estimate of drug-likeness (QED) is 0.784. The van der Waals surface area contributed by atoms with Gasteiger partial charge in [-0.1, -0.05) is 6.07 Å². The molecule has 2 heterocycles. The molecule has 2 N–H and O–H groups in total. The van der Waals surface area contributed by atoms with Crippen LogP contribution in [0.1, 0.15) is 22.4 Å². The molecule has 0 atom stereocenters. The summed E-state index contributed by atoms with van der Waals surface area (Å²) in [6.45, 7) is 0.565. The van der Waals surface area contributed by atoms with Crippen molar-refractivity contribution in [2.24, 2.45) is 12.8 Å². The molecule has 0 saturated carbocycles. The predicted octanol–water partition coefficient (Wildman–Crippen LogP) is 3.25. The maximum atomic E-state index is 5.71. The second-order valence-corrected chi connectivity index (χ2v) is 6.57. The molecule has 1 aliphatic carbocycles. The van der Waals surface area contributed by atoms with Gasteiger partial charge in [0.05, 0.1) is 15.9 Å². The first kappa shape index (κ1) is 12.1. The molecule has 0 spiro atoms. The highest BCUT2D eigenvalue weighted by atomic mass is 32.1. The molecular weight excluding hydrogens is 266 g/mol. The fourth-order valence-corrected chi connectivity index (χ4v) is 4.31. The Labute approximate surface area is 122 Å². The van der Waals surface area contributed by atoms with E-state index in [9.17, 15) is 0 Å². The van der Waals surface area contributed by atoms with E-state index in [4.69, 9.17) is 10.7 Å². The van der Waals surface area contributed by atoms with Gasteiger partial charge in [-0.05, 0) is 48.6 Å². The van der Waals surface area contributed by atoms with E-state index in [-0.39, 0.29) is 0 Å². The summed E-state index contributed by atoms with van der Waals surface area (Å²) in [5.41, 5.74) is 10.6. The molecule has 0 bridgehead atoms. The highest BCUT2D eigenvalue weighted by Crippen LogP contribution is 2.37. The van der Waals surface area contributed by atoms with Crippen LogP contribution in [0.4, 0.5) is 0 Å².